The van der Waals surface area contributed by atoms with Gasteiger partial charge >= 0.3 is 0 Å². The molecule has 22 heavy (non-hydrogen) atoms. The number of benzene rings is 1. The first-order valence-electron chi connectivity index (χ1n) is 6.39. The van der Waals surface area contributed by atoms with Crippen LogP contribution >= 0.6 is 12.4 Å². The normalized spacial score (nSPS) is 14.5. The molecule has 0 aromatic heterocycles. The molecule has 0 fully saturated rings. The van der Waals surface area contributed by atoms with Crippen LogP contribution in [0.5, 0.6) is 0 Å². The smallest absolute Gasteiger partial charge is 0.244 e. The summed E-state index contributed by atoms with van der Waals surface area (Å²) in [5, 5.41) is 0. The van der Waals surface area contributed by atoms with Crippen molar-refractivity contribution in [2.75, 3.05) is 6.54 Å². The van der Waals surface area contributed by atoms with Crippen LogP contribution in [0.1, 0.15) is 27.2 Å². The predicted molar refractivity (Wildman–Crippen MR) is 80.8 cm³/mol. The quantitative estimate of drug-likeness (QED) is 0.766. The molecule has 3 N–H and O–H groups in total. The van der Waals surface area contributed by atoms with Crippen molar-refractivity contribution in [1.82, 2.24) is 4.72 Å². The highest BCUT2D eigenvalue weighted by atomic mass is 35.5. The Morgan fingerprint density at radius 2 is 1.68 bits per heavy atom. The molecule has 0 saturated heterocycles. The molecule has 0 spiro atoms. The lowest BCUT2D eigenvalue weighted by Crippen LogP contribution is -2.52. The third kappa shape index (κ3) is 5.12. The van der Waals surface area contributed by atoms with Gasteiger partial charge < -0.3 is 5.73 Å². The second-order valence-corrected chi connectivity index (χ2v) is 7.32. The van der Waals surface area contributed by atoms with Crippen molar-refractivity contribution in [3.63, 3.8) is 0 Å². The lowest BCUT2D eigenvalue weighted by Gasteiger charge is -2.30. The molecule has 1 aromatic carbocycles. The highest BCUT2D eigenvalue weighted by Crippen LogP contribution is 2.22. The molecular formula is C13H20ClF3N2O2S. The number of hydrogen-bond donors (Lipinski definition) is 2. The summed E-state index contributed by atoms with van der Waals surface area (Å²) < 4.78 is 66.3. The van der Waals surface area contributed by atoms with Crippen LogP contribution in [-0.2, 0) is 10.0 Å². The van der Waals surface area contributed by atoms with Crippen molar-refractivity contribution in [1.29, 1.82) is 0 Å². The van der Waals surface area contributed by atoms with Gasteiger partial charge in [-0.3, -0.25) is 0 Å². The molecule has 1 atom stereocenters. The zero-order valence-corrected chi connectivity index (χ0v) is 14.1. The Labute approximate surface area is 134 Å². The van der Waals surface area contributed by atoms with Gasteiger partial charge in [0.2, 0.25) is 10.0 Å². The highest BCUT2D eigenvalue weighted by molar-refractivity contribution is 7.89. The number of hydrogen-bond acceptors (Lipinski definition) is 3. The molecule has 0 radical (unpaired) electrons. The fourth-order valence-electron chi connectivity index (χ4n) is 2.16. The molecule has 1 unspecified atom stereocenters. The number of rotatable bonds is 6. The Hall–Kier alpha value is -0.830. The Morgan fingerprint density at radius 3 is 2.14 bits per heavy atom. The Kier molecular flexibility index (Phi) is 7.34. The predicted octanol–water partition coefficient (Wildman–Crippen LogP) is 2.57. The molecule has 0 amide bonds. The zero-order chi connectivity index (χ0) is 16.4. The molecule has 0 bridgehead atoms. The average Bonchev–Trinajstić information content (AvgIpc) is 2.31. The first kappa shape index (κ1) is 21.2. The van der Waals surface area contributed by atoms with Crippen LogP contribution in [0.25, 0.3) is 0 Å². The van der Waals surface area contributed by atoms with Crippen LogP contribution in [-0.4, -0.2) is 20.5 Å². The molecular weight excluding hydrogens is 341 g/mol. The van der Waals surface area contributed by atoms with Gasteiger partial charge in [0, 0.05) is 18.2 Å². The van der Waals surface area contributed by atoms with Crippen molar-refractivity contribution in [3.05, 3.63) is 29.6 Å². The lowest BCUT2D eigenvalue weighted by molar-refractivity contribution is 0.344. The summed E-state index contributed by atoms with van der Waals surface area (Å²) in [5.74, 6) is -4.10. The van der Waals surface area contributed by atoms with E-state index in [4.69, 9.17) is 5.73 Å². The third-order valence-corrected chi connectivity index (χ3v) is 4.61. The van der Waals surface area contributed by atoms with Gasteiger partial charge in [-0.25, -0.2) is 26.3 Å². The third-order valence-electron chi connectivity index (χ3n) is 2.95. The van der Waals surface area contributed by atoms with Gasteiger partial charge in [0.1, 0.15) is 10.7 Å². The van der Waals surface area contributed by atoms with E-state index >= 15 is 0 Å². The van der Waals surface area contributed by atoms with Gasteiger partial charge in [0.25, 0.3) is 0 Å². The maximum absolute atomic E-state index is 13.6. The van der Waals surface area contributed by atoms with E-state index in [1.165, 1.54) is 0 Å². The van der Waals surface area contributed by atoms with Crippen LogP contribution in [0.4, 0.5) is 13.2 Å². The second kappa shape index (κ2) is 7.63. The van der Waals surface area contributed by atoms with Crippen molar-refractivity contribution in [2.45, 2.75) is 37.6 Å². The summed E-state index contributed by atoms with van der Waals surface area (Å²) in [5.41, 5.74) is 4.57. The van der Waals surface area contributed by atoms with Crippen molar-refractivity contribution in [3.8, 4) is 0 Å². The van der Waals surface area contributed by atoms with Gasteiger partial charge in [-0.15, -0.1) is 12.4 Å². The van der Waals surface area contributed by atoms with Gasteiger partial charge in [-0.2, -0.15) is 0 Å². The molecule has 1 aromatic rings. The van der Waals surface area contributed by atoms with Crippen LogP contribution in [0.3, 0.4) is 0 Å². The summed E-state index contributed by atoms with van der Waals surface area (Å²) in [6, 6.07) is 0.519. The minimum absolute atomic E-state index is 0. The first-order valence-corrected chi connectivity index (χ1v) is 7.87. The minimum Gasteiger partial charge on any atom is -0.329 e. The van der Waals surface area contributed by atoms with E-state index in [1.807, 2.05) is 13.8 Å². The van der Waals surface area contributed by atoms with Gasteiger partial charge in [-0.1, -0.05) is 13.8 Å². The molecule has 0 aliphatic rings. The maximum atomic E-state index is 13.6. The van der Waals surface area contributed by atoms with Crippen molar-refractivity contribution >= 4 is 22.4 Å². The topological polar surface area (TPSA) is 72.2 Å². The van der Waals surface area contributed by atoms with E-state index in [0.717, 1.165) is 0 Å². The lowest BCUT2D eigenvalue weighted by atomic mass is 9.92. The summed E-state index contributed by atoms with van der Waals surface area (Å²) in [7, 11) is -4.36. The SMILES string of the molecule is CC(C)CC(C)(CN)NS(=O)(=O)c1cc(F)c(F)cc1F.Cl. The highest BCUT2D eigenvalue weighted by Gasteiger charge is 2.32. The zero-order valence-electron chi connectivity index (χ0n) is 12.5. The largest absolute Gasteiger partial charge is 0.329 e. The fourth-order valence-corrected chi connectivity index (χ4v) is 3.66. The Morgan fingerprint density at radius 1 is 1.18 bits per heavy atom. The number of halogens is 4. The van der Waals surface area contributed by atoms with E-state index in [0.29, 0.717) is 12.5 Å². The summed E-state index contributed by atoms with van der Waals surface area (Å²) in [4.78, 5) is -0.940. The van der Waals surface area contributed by atoms with E-state index < -0.39 is 37.9 Å². The van der Waals surface area contributed by atoms with Gasteiger partial charge in [-0.05, 0) is 25.3 Å². The summed E-state index contributed by atoms with van der Waals surface area (Å²) >= 11 is 0. The summed E-state index contributed by atoms with van der Waals surface area (Å²) in [6.07, 6.45) is 0.411. The molecule has 4 nitrogen and oxygen atoms in total. The fraction of sp³-hybridized carbons (Fsp3) is 0.538. The van der Waals surface area contributed by atoms with Crippen LogP contribution in [0.2, 0.25) is 0 Å². The van der Waals surface area contributed by atoms with Crippen molar-refractivity contribution in [2.24, 2.45) is 11.7 Å². The molecule has 128 valence electrons. The molecule has 0 aliphatic heterocycles. The van der Waals surface area contributed by atoms with E-state index in [1.54, 1.807) is 6.92 Å². The van der Waals surface area contributed by atoms with E-state index in [2.05, 4.69) is 4.72 Å². The number of nitrogens with two attached hydrogens (primary N) is 1. The van der Waals surface area contributed by atoms with Crippen LogP contribution in [0, 0.1) is 23.4 Å². The van der Waals surface area contributed by atoms with E-state index in [9.17, 15) is 21.6 Å². The second-order valence-electron chi connectivity index (χ2n) is 5.66. The van der Waals surface area contributed by atoms with E-state index in [-0.39, 0.29) is 30.9 Å². The Bertz CT molecular complexity index is 626. The van der Waals surface area contributed by atoms with Crippen LogP contribution in [0.15, 0.2) is 17.0 Å². The first-order chi connectivity index (χ1) is 9.50. The molecule has 0 heterocycles. The molecule has 0 saturated carbocycles. The minimum atomic E-state index is -4.36. The standard InChI is InChI=1S/C13H19F3N2O2S.ClH/c1-8(2)6-13(3,7-17)18-21(19,20)12-5-10(15)9(14)4-11(12)16;/h4-5,8,18H,6-7,17H2,1-3H3;1H. The summed E-state index contributed by atoms with van der Waals surface area (Å²) in [6.45, 7) is 5.30. The molecule has 0 aliphatic carbocycles. The van der Waals surface area contributed by atoms with Gasteiger partial charge in [0.05, 0.1) is 0 Å². The number of sulfonamides is 1. The monoisotopic (exact) mass is 360 g/mol. The number of nitrogens with one attached hydrogen (secondary N) is 1. The average molecular weight is 361 g/mol. The molecule has 1 rings (SSSR count). The van der Waals surface area contributed by atoms with Crippen molar-refractivity contribution < 1.29 is 21.6 Å². The van der Waals surface area contributed by atoms with Gasteiger partial charge in [0.15, 0.2) is 11.6 Å². The van der Waals surface area contributed by atoms with Crippen LogP contribution < -0.4 is 10.5 Å². The molecule has 9 heteroatoms. The maximum Gasteiger partial charge on any atom is 0.244 e. The Balaban J connectivity index is 0.00000441.